The zero-order valence-electron chi connectivity index (χ0n) is 24.5. The average molecular weight is 593 g/mol. The third-order valence-corrected chi connectivity index (χ3v) is 10.1. The molecule has 2 atom stereocenters. The van der Waals surface area contributed by atoms with Gasteiger partial charge in [-0.15, -0.1) is 20.6 Å². The number of hydrogen-bond acceptors (Lipinski definition) is 8. The number of fused-ring (bicyclic) bond motifs is 4. The average Bonchev–Trinajstić information content (AvgIpc) is 3.30. The molecular formula is C31H38FN6OPS. The molecule has 1 aliphatic carbocycles. The fourth-order valence-corrected chi connectivity index (χ4v) is 7.32. The normalized spacial score (nSPS) is 18.1. The summed E-state index contributed by atoms with van der Waals surface area (Å²) in [4.78, 5) is 16.6. The fraction of sp³-hybridized carbons (Fsp3) is 0.484. The van der Waals surface area contributed by atoms with Crippen LogP contribution in [-0.4, -0.2) is 28.0 Å². The van der Waals surface area contributed by atoms with Gasteiger partial charge in [0.15, 0.2) is 5.82 Å². The maximum atomic E-state index is 14.7. The Labute approximate surface area is 247 Å². The van der Waals surface area contributed by atoms with Gasteiger partial charge in [0.1, 0.15) is 11.1 Å². The van der Waals surface area contributed by atoms with E-state index in [1.54, 1.807) is 0 Å². The predicted molar refractivity (Wildman–Crippen MR) is 170 cm³/mol. The second kappa shape index (κ2) is 11.8. The molecule has 10 heteroatoms. The predicted octanol–water partition coefficient (Wildman–Crippen LogP) is 7.10. The number of nitrogens with zero attached hydrogens (tertiary/aromatic N) is 5. The first-order valence-electron chi connectivity index (χ1n) is 14.5. The number of ether oxygens (including phenoxy) is 1. The molecule has 1 aromatic carbocycles. The van der Waals surface area contributed by atoms with E-state index in [2.05, 4.69) is 46.0 Å². The molecule has 7 rings (SSSR count). The van der Waals surface area contributed by atoms with Crippen molar-refractivity contribution in [2.45, 2.75) is 73.5 Å². The highest BCUT2D eigenvalue weighted by molar-refractivity contribution is 7.29. The SMILES string of the molecule is CC.CC1CN(c2ncc3c4c(c(-c5ncc(F)c6sc(N)c(C#N)c56)c(P)c3n2)COC4)CC12CC2.CCCC. The Morgan fingerprint density at radius 3 is 2.54 bits per heavy atom. The summed E-state index contributed by atoms with van der Waals surface area (Å²) < 4.78 is 20.9. The summed E-state index contributed by atoms with van der Waals surface area (Å²) in [6, 6.07) is 2.15. The zero-order chi connectivity index (χ0) is 29.5. The first-order valence-corrected chi connectivity index (χ1v) is 15.9. The monoisotopic (exact) mass is 592 g/mol. The number of halogens is 1. The molecule has 2 aliphatic heterocycles. The van der Waals surface area contributed by atoms with Gasteiger partial charge in [-0.25, -0.2) is 14.4 Å². The number of thiophene rings is 1. The second-order valence-corrected chi connectivity index (χ2v) is 12.6. The summed E-state index contributed by atoms with van der Waals surface area (Å²) in [6.45, 7) is 13.5. The number of rotatable bonds is 3. The molecular weight excluding hydrogens is 554 g/mol. The summed E-state index contributed by atoms with van der Waals surface area (Å²) >= 11 is 1.08. The molecule has 2 N–H and O–H groups in total. The maximum absolute atomic E-state index is 14.7. The molecule has 1 spiro atoms. The van der Waals surface area contributed by atoms with Crippen LogP contribution >= 0.6 is 20.6 Å². The van der Waals surface area contributed by atoms with Crippen LogP contribution in [0.4, 0.5) is 15.3 Å². The van der Waals surface area contributed by atoms with Gasteiger partial charge in [-0.1, -0.05) is 47.5 Å². The first-order chi connectivity index (χ1) is 19.8. The van der Waals surface area contributed by atoms with E-state index >= 15 is 0 Å². The Bertz CT molecular complexity index is 1660. The third kappa shape index (κ3) is 4.94. The molecule has 1 saturated carbocycles. The standard InChI is InChI=1S/C25H22FN6OPS.C4H10.C2H6/c1-11-7-32(10-25(11)2-3-25)24-30-5-13-14-8-33-9-15(14)17(21(34)19(13)31-24)20-18-12(4-27)23(28)35-22(18)16(26)6-29-20;1-3-4-2;1-2/h5-6,11H,2-3,7-10,28,34H2,1H3;3-4H2,1-2H3;1-2H3. The molecule has 1 saturated heterocycles. The topological polar surface area (TPSA) is 101 Å². The van der Waals surface area contributed by atoms with E-state index in [1.807, 2.05) is 20.0 Å². The lowest BCUT2D eigenvalue weighted by atomic mass is 9.94. The Kier molecular flexibility index (Phi) is 8.48. The second-order valence-electron chi connectivity index (χ2n) is 10.9. The quantitative estimate of drug-likeness (QED) is 0.253. The largest absolute Gasteiger partial charge is 0.389 e. The van der Waals surface area contributed by atoms with Crippen LogP contribution in [0.1, 0.15) is 77.0 Å². The molecule has 4 aromatic rings. The van der Waals surface area contributed by atoms with E-state index in [1.165, 1.54) is 31.9 Å². The molecule has 3 aliphatic rings. The van der Waals surface area contributed by atoms with E-state index in [9.17, 15) is 9.65 Å². The lowest BCUT2D eigenvalue weighted by Gasteiger charge is -2.19. The van der Waals surface area contributed by atoms with E-state index < -0.39 is 5.82 Å². The smallest absolute Gasteiger partial charge is 0.225 e. The molecule has 216 valence electrons. The number of anilines is 2. The van der Waals surface area contributed by atoms with E-state index in [0.29, 0.717) is 40.3 Å². The number of benzene rings is 1. The van der Waals surface area contributed by atoms with Gasteiger partial charge in [-0.05, 0) is 35.3 Å². The zero-order valence-corrected chi connectivity index (χ0v) is 26.4. The van der Waals surface area contributed by atoms with Crippen molar-refractivity contribution in [3.8, 4) is 17.3 Å². The van der Waals surface area contributed by atoms with Gasteiger partial charge in [0, 0.05) is 40.9 Å². The number of unbranched alkanes of at least 4 members (excludes halogenated alkanes) is 1. The molecule has 3 aromatic heterocycles. The number of aromatic nitrogens is 3. The number of nitrogen functional groups attached to an aromatic ring is 1. The molecule has 7 nitrogen and oxygen atoms in total. The van der Waals surface area contributed by atoms with Gasteiger partial charge < -0.3 is 15.4 Å². The van der Waals surface area contributed by atoms with Gasteiger partial charge in [-0.2, -0.15) is 5.26 Å². The van der Waals surface area contributed by atoms with Crippen molar-refractivity contribution < 1.29 is 9.13 Å². The Morgan fingerprint density at radius 2 is 1.90 bits per heavy atom. The van der Waals surface area contributed by atoms with E-state index in [-0.39, 0.29) is 10.6 Å². The molecule has 0 bridgehead atoms. The number of hydrogen-bond donors (Lipinski definition) is 1. The Balaban J connectivity index is 0.000000521. The highest BCUT2D eigenvalue weighted by Crippen LogP contribution is 2.56. The van der Waals surface area contributed by atoms with Crippen LogP contribution in [0, 0.1) is 28.5 Å². The number of nitrogens with two attached hydrogens (primary N) is 1. The maximum Gasteiger partial charge on any atom is 0.225 e. The van der Waals surface area contributed by atoms with Gasteiger partial charge in [0.2, 0.25) is 5.95 Å². The fourth-order valence-electron chi connectivity index (χ4n) is 5.87. The summed E-state index contributed by atoms with van der Waals surface area (Å²) in [6.07, 6.45) is 8.30. The molecule has 0 radical (unpaired) electrons. The minimum atomic E-state index is -0.484. The summed E-state index contributed by atoms with van der Waals surface area (Å²) in [5.74, 6) is 0.880. The minimum absolute atomic E-state index is 0.258. The van der Waals surface area contributed by atoms with Crippen molar-refractivity contribution in [3.05, 3.63) is 34.9 Å². The van der Waals surface area contributed by atoms with Crippen molar-refractivity contribution in [2.75, 3.05) is 23.7 Å². The highest BCUT2D eigenvalue weighted by atomic mass is 32.1. The van der Waals surface area contributed by atoms with Crippen molar-refractivity contribution in [1.82, 2.24) is 15.0 Å². The summed E-state index contributed by atoms with van der Waals surface area (Å²) in [5.41, 5.74) is 10.9. The van der Waals surface area contributed by atoms with Crippen molar-refractivity contribution >= 4 is 57.8 Å². The van der Waals surface area contributed by atoms with Crippen LogP contribution in [0.3, 0.4) is 0 Å². The van der Waals surface area contributed by atoms with Crippen LogP contribution in [0.15, 0.2) is 12.4 Å². The molecule has 41 heavy (non-hydrogen) atoms. The van der Waals surface area contributed by atoms with Crippen LogP contribution in [0.2, 0.25) is 0 Å². The van der Waals surface area contributed by atoms with E-state index in [0.717, 1.165) is 63.3 Å². The lowest BCUT2D eigenvalue weighted by molar-refractivity contribution is 0.135. The lowest BCUT2D eigenvalue weighted by Crippen LogP contribution is -2.23. The van der Waals surface area contributed by atoms with Crippen LogP contribution < -0.4 is 15.9 Å². The minimum Gasteiger partial charge on any atom is -0.389 e. The van der Waals surface area contributed by atoms with Crippen LogP contribution in [0.25, 0.3) is 32.2 Å². The van der Waals surface area contributed by atoms with Crippen molar-refractivity contribution in [1.29, 1.82) is 5.26 Å². The van der Waals surface area contributed by atoms with Crippen LogP contribution in [-0.2, 0) is 18.0 Å². The van der Waals surface area contributed by atoms with Gasteiger partial charge >= 0.3 is 0 Å². The number of nitriles is 1. The van der Waals surface area contributed by atoms with Crippen LogP contribution in [0.5, 0.6) is 0 Å². The molecule has 2 fully saturated rings. The van der Waals surface area contributed by atoms with Crippen molar-refractivity contribution in [2.24, 2.45) is 11.3 Å². The van der Waals surface area contributed by atoms with Gasteiger partial charge in [0.05, 0.1) is 40.9 Å². The molecule has 2 unspecified atom stereocenters. The first kappa shape index (κ1) is 29.6. The van der Waals surface area contributed by atoms with Gasteiger partial charge in [-0.3, -0.25) is 4.98 Å². The Morgan fingerprint density at radius 1 is 1.20 bits per heavy atom. The molecule has 5 heterocycles. The third-order valence-electron chi connectivity index (χ3n) is 8.55. The van der Waals surface area contributed by atoms with Crippen molar-refractivity contribution in [3.63, 3.8) is 0 Å². The highest BCUT2D eigenvalue weighted by Gasteiger charge is 2.53. The van der Waals surface area contributed by atoms with Gasteiger partial charge in [0.25, 0.3) is 0 Å². The Hall–Kier alpha value is -2.92. The number of pyridine rings is 1. The summed E-state index contributed by atoms with van der Waals surface area (Å²) in [7, 11) is 2.81. The van der Waals surface area contributed by atoms with E-state index in [4.69, 9.17) is 20.4 Å². The summed E-state index contributed by atoms with van der Waals surface area (Å²) in [5, 5.41) is 12.3. The molecule has 0 amide bonds.